The van der Waals surface area contributed by atoms with Crippen LogP contribution in [0.15, 0.2) is 17.3 Å². The van der Waals surface area contributed by atoms with Gasteiger partial charge in [0.25, 0.3) is 0 Å². The predicted octanol–water partition coefficient (Wildman–Crippen LogP) is 3.65. The van der Waals surface area contributed by atoms with Gasteiger partial charge in [0, 0.05) is 23.1 Å². The SMILES string of the molecule is COC(=O)[C@@H]1CC(c2cc(C(C)(C)C)c(O)c(C(C)(C)C)c2)=NO1. The van der Waals surface area contributed by atoms with E-state index >= 15 is 0 Å². The van der Waals surface area contributed by atoms with Crippen molar-refractivity contribution in [1.29, 1.82) is 0 Å². The van der Waals surface area contributed by atoms with Gasteiger partial charge in [-0.3, -0.25) is 0 Å². The van der Waals surface area contributed by atoms with Crippen LogP contribution in [0.2, 0.25) is 0 Å². The summed E-state index contributed by atoms with van der Waals surface area (Å²) in [4.78, 5) is 16.8. The summed E-state index contributed by atoms with van der Waals surface area (Å²) in [5.74, 6) is -0.109. The minimum Gasteiger partial charge on any atom is -0.507 e. The van der Waals surface area contributed by atoms with Gasteiger partial charge in [-0.25, -0.2) is 4.79 Å². The first-order valence-corrected chi connectivity index (χ1v) is 8.14. The van der Waals surface area contributed by atoms with Gasteiger partial charge in [-0.1, -0.05) is 46.7 Å². The van der Waals surface area contributed by atoms with Gasteiger partial charge in [0.1, 0.15) is 5.75 Å². The Labute approximate surface area is 143 Å². The summed E-state index contributed by atoms with van der Waals surface area (Å²) in [6.45, 7) is 12.3. The van der Waals surface area contributed by atoms with Gasteiger partial charge < -0.3 is 14.7 Å². The highest BCUT2D eigenvalue weighted by Gasteiger charge is 2.32. The Morgan fingerprint density at radius 1 is 1.17 bits per heavy atom. The Morgan fingerprint density at radius 2 is 1.67 bits per heavy atom. The summed E-state index contributed by atoms with van der Waals surface area (Å²) in [5.41, 5.74) is 2.84. The molecule has 0 bridgehead atoms. The van der Waals surface area contributed by atoms with Crippen LogP contribution >= 0.6 is 0 Å². The normalized spacial score (nSPS) is 18.1. The van der Waals surface area contributed by atoms with Crippen molar-refractivity contribution in [3.63, 3.8) is 0 Å². The molecule has 0 saturated carbocycles. The number of carbonyl (C=O) groups excluding carboxylic acids is 1. The van der Waals surface area contributed by atoms with Gasteiger partial charge in [0.2, 0.25) is 6.10 Å². The highest BCUT2D eigenvalue weighted by Crippen LogP contribution is 2.40. The van der Waals surface area contributed by atoms with E-state index in [1.165, 1.54) is 7.11 Å². The molecule has 5 heteroatoms. The fourth-order valence-corrected chi connectivity index (χ4v) is 2.75. The first kappa shape index (κ1) is 18.3. The Bertz CT molecular complexity index is 643. The summed E-state index contributed by atoms with van der Waals surface area (Å²) in [5, 5.41) is 14.8. The molecule has 0 radical (unpaired) electrons. The molecule has 0 unspecified atom stereocenters. The lowest BCUT2D eigenvalue weighted by Gasteiger charge is -2.28. The molecule has 0 aliphatic carbocycles. The van der Waals surface area contributed by atoms with Gasteiger partial charge >= 0.3 is 5.97 Å². The number of phenols is 1. The standard InChI is InChI=1S/C19H27NO4/c1-18(2,3)12-8-11(9-13(16(12)21)19(4,5)6)14-10-15(24-20-14)17(22)23-7/h8-9,15,21H,10H2,1-7H3/t15-/m0/s1. The quantitative estimate of drug-likeness (QED) is 0.839. The molecular weight excluding hydrogens is 306 g/mol. The van der Waals surface area contributed by atoms with Crippen LogP contribution in [0.3, 0.4) is 0 Å². The number of rotatable bonds is 2. The van der Waals surface area contributed by atoms with E-state index in [0.717, 1.165) is 16.7 Å². The molecule has 0 aromatic heterocycles. The van der Waals surface area contributed by atoms with Gasteiger partial charge in [-0.05, 0) is 23.0 Å². The second-order valence-corrected chi connectivity index (χ2v) is 8.28. The number of carbonyl (C=O) groups is 1. The second-order valence-electron chi connectivity index (χ2n) is 8.28. The van der Waals surface area contributed by atoms with Crippen molar-refractivity contribution in [2.75, 3.05) is 7.11 Å². The van der Waals surface area contributed by atoms with Crippen molar-refractivity contribution >= 4 is 11.7 Å². The third-order valence-corrected chi connectivity index (χ3v) is 4.19. The first-order chi connectivity index (χ1) is 10.9. The maximum atomic E-state index is 11.6. The third kappa shape index (κ3) is 3.55. The number of ether oxygens (including phenoxy) is 1. The Hall–Kier alpha value is -2.04. The molecule has 24 heavy (non-hydrogen) atoms. The van der Waals surface area contributed by atoms with E-state index in [1.807, 2.05) is 12.1 Å². The zero-order valence-corrected chi connectivity index (χ0v) is 15.6. The van der Waals surface area contributed by atoms with E-state index in [2.05, 4.69) is 46.7 Å². The Morgan fingerprint density at radius 3 is 2.08 bits per heavy atom. The Kier molecular flexibility index (Phi) is 4.66. The van der Waals surface area contributed by atoms with Crippen LogP contribution in [-0.2, 0) is 25.2 Å². The monoisotopic (exact) mass is 333 g/mol. The smallest absolute Gasteiger partial charge is 0.350 e. The number of aromatic hydroxyl groups is 1. The number of nitrogens with zero attached hydrogens (tertiary/aromatic N) is 1. The number of oxime groups is 1. The molecule has 1 aromatic rings. The average Bonchev–Trinajstić information content (AvgIpc) is 2.94. The van der Waals surface area contributed by atoms with Crippen LogP contribution in [0.4, 0.5) is 0 Å². The minimum atomic E-state index is -0.699. The van der Waals surface area contributed by atoms with Crippen LogP contribution in [0.1, 0.15) is 64.7 Å². The summed E-state index contributed by atoms with van der Waals surface area (Å²) in [6.07, 6.45) is -0.333. The van der Waals surface area contributed by atoms with Crippen molar-refractivity contribution in [2.45, 2.75) is 64.9 Å². The maximum absolute atomic E-state index is 11.6. The molecule has 0 spiro atoms. The molecule has 0 saturated heterocycles. The zero-order chi connectivity index (χ0) is 18.3. The first-order valence-electron chi connectivity index (χ1n) is 8.14. The molecule has 0 fully saturated rings. The molecule has 5 nitrogen and oxygen atoms in total. The maximum Gasteiger partial charge on any atom is 0.350 e. The molecule has 2 rings (SSSR count). The number of benzene rings is 1. The van der Waals surface area contributed by atoms with Crippen LogP contribution in [-0.4, -0.2) is 30.0 Å². The van der Waals surface area contributed by atoms with E-state index in [9.17, 15) is 9.90 Å². The van der Waals surface area contributed by atoms with Gasteiger partial charge in [-0.15, -0.1) is 0 Å². The molecular formula is C19H27NO4. The van der Waals surface area contributed by atoms with Gasteiger partial charge in [0.15, 0.2) is 0 Å². The van der Waals surface area contributed by atoms with Crippen molar-refractivity contribution in [1.82, 2.24) is 0 Å². The van der Waals surface area contributed by atoms with Crippen molar-refractivity contribution in [3.8, 4) is 5.75 Å². The zero-order valence-electron chi connectivity index (χ0n) is 15.6. The van der Waals surface area contributed by atoms with Crippen LogP contribution in [0.25, 0.3) is 0 Å². The molecule has 1 aliphatic rings. The number of hydrogen-bond donors (Lipinski definition) is 1. The number of esters is 1. The van der Waals surface area contributed by atoms with E-state index in [1.54, 1.807) is 0 Å². The minimum absolute atomic E-state index is 0.220. The van der Waals surface area contributed by atoms with E-state index in [-0.39, 0.29) is 10.8 Å². The average molecular weight is 333 g/mol. The predicted molar refractivity (Wildman–Crippen MR) is 93.5 cm³/mol. The lowest BCUT2D eigenvalue weighted by atomic mass is 9.78. The molecule has 1 aromatic carbocycles. The number of hydrogen-bond acceptors (Lipinski definition) is 5. The van der Waals surface area contributed by atoms with E-state index < -0.39 is 12.1 Å². The molecule has 0 amide bonds. The molecule has 1 atom stereocenters. The topological polar surface area (TPSA) is 68.1 Å². The fourth-order valence-electron chi connectivity index (χ4n) is 2.75. The highest BCUT2D eigenvalue weighted by atomic mass is 16.7. The van der Waals surface area contributed by atoms with E-state index in [4.69, 9.17) is 9.57 Å². The van der Waals surface area contributed by atoms with Crippen LogP contribution in [0.5, 0.6) is 5.75 Å². The fraction of sp³-hybridized carbons (Fsp3) is 0.579. The highest BCUT2D eigenvalue weighted by molar-refractivity contribution is 6.04. The van der Waals surface area contributed by atoms with Crippen LogP contribution in [0, 0.1) is 0 Å². The van der Waals surface area contributed by atoms with Crippen LogP contribution < -0.4 is 0 Å². The van der Waals surface area contributed by atoms with Gasteiger partial charge in [0.05, 0.1) is 12.8 Å². The van der Waals surface area contributed by atoms with Crippen molar-refractivity contribution in [3.05, 3.63) is 28.8 Å². The lowest BCUT2D eigenvalue weighted by Crippen LogP contribution is -2.23. The second kappa shape index (κ2) is 6.11. The largest absolute Gasteiger partial charge is 0.507 e. The number of phenolic OH excluding ortho intramolecular Hbond substituents is 1. The summed E-state index contributed by atoms with van der Waals surface area (Å²) in [7, 11) is 1.33. The summed E-state index contributed by atoms with van der Waals surface area (Å²) in [6, 6.07) is 3.87. The van der Waals surface area contributed by atoms with Crippen molar-refractivity contribution in [2.24, 2.45) is 5.16 Å². The molecule has 1 heterocycles. The molecule has 1 aliphatic heterocycles. The molecule has 132 valence electrons. The number of methoxy groups -OCH3 is 1. The van der Waals surface area contributed by atoms with Gasteiger partial charge in [-0.2, -0.15) is 0 Å². The summed E-state index contributed by atoms with van der Waals surface area (Å²) < 4.78 is 4.72. The summed E-state index contributed by atoms with van der Waals surface area (Å²) >= 11 is 0. The lowest BCUT2D eigenvalue weighted by molar-refractivity contribution is -0.152. The van der Waals surface area contributed by atoms with Crippen molar-refractivity contribution < 1.29 is 19.5 Å². The van der Waals surface area contributed by atoms with E-state index in [0.29, 0.717) is 17.9 Å². The molecule has 1 N–H and O–H groups in total. The Balaban J connectivity index is 2.51. The third-order valence-electron chi connectivity index (χ3n) is 4.19.